The van der Waals surface area contributed by atoms with Crippen molar-refractivity contribution in [2.75, 3.05) is 12.4 Å². The fraction of sp³-hybridized carbons (Fsp3) is 0.148. The van der Waals surface area contributed by atoms with Crippen LogP contribution in [-0.4, -0.2) is 27.8 Å². The van der Waals surface area contributed by atoms with E-state index in [2.05, 4.69) is 28.2 Å². The molecule has 0 unspecified atom stereocenters. The molecule has 0 aliphatic carbocycles. The number of methoxy groups -OCH3 is 1. The van der Waals surface area contributed by atoms with Gasteiger partial charge >= 0.3 is 0 Å². The quantitative estimate of drug-likeness (QED) is 0.206. The molecule has 0 spiro atoms. The monoisotopic (exact) mass is 504 g/mol. The Morgan fingerprint density at radius 1 is 1.14 bits per heavy atom. The van der Waals surface area contributed by atoms with Crippen LogP contribution in [0, 0.1) is 6.92 Å². The molecule has 1 amide bonds. The van der Waals surface area contributed by atoms with Crippen LogP contribution >= 0.6 is 23.4 Å². The molecule has 3 aromatic carbocycles. The van der Waals surface area contributed by atoms with Crippen LogP contribution in [0.4, 0.5) is 5.69 Å². The first kappa shape index (κ1) is 24.6. The topological polar surface area (TPSA) is 69.0 Å². The van der Waals surface area contributed by atoms with Crippen molar-refractivity contribution < 1.29 is 9.53 Å². The van der Waals surface area contributed by atoms with E-state index in [0.717, 1.165) is 22.5 Å². The molecule has 0 radical (unpaired) electrons. The first-order chi connectivity index (χ1) is 17.0. The normalized spacial score (nSPS) is 11.6. The third-order valence-corrected chi connectivity index (χ3v) is 6.82. The van der Waals surface area contributed by atoms with Crippen molar-refractivity contribution in [2.24, 2.45) is 0 Å². The molecule has 1 atom stereocenters. The van der Waals surface area contributed by atoms with Crippen molar-refractivity contribution >= 4 is 35.0 Å². The number of benzene rings is 3. The van der Waals surface area contributed by atoms with Crippen LogP contribution in [0.2, 0.25) is 5.02 Å². The number of aromatic nitrogens is 3. The Morgan fingerprint density at radius 2 is 1.94 bits per heavy atom. The molecular weight excluding hydrogens is 480 g/mol. The zero-order chi connectivity index (χ0) is 24.8. The Balaban J connectivity index is 1.67. The molecule has 0 fully saturated rings. The highest BCUT2D eigenvalue weighted by Crippen LogP contribution is 2.37. The van der Waals surface area contributed by atoms with Crippen molar-refractivity contribution in [1.82, 2.24) is 14.8 Å². The molecule has 0 aliphatic rings. The molecule has 0 saturated carbocycles. The van der Waals surface area contributed by atoms with Gasteiger partial charge in [-0.25, -0.2) is 0 Å². The molecule has 0 saturated heterocycles. The summed E-state index contributed by atoms with van der Waals surface area (Å²) >= 11 is 7.59. The average molecular weight is 505 g/mol. The SMILES string of the molecule is C=CCn1c(S[C@H](C(=O)Nc2ccc(OC)c(Cl)c2)c2ccccc2)nnc1-c1cccc(C)c1. The number of nitrogens with zero attached hydrogens (tertiary/aromatic N) is 3. The third-order valence-electron chi connectivity index (χ3n) is 5.29. The lowest BCUT2D eigenvalue weighted by atomic mass is 10.1. The van der Waals surface area contributed by atoms with Crippen LogP contribution < -0.4 is 10.1 Å². The van der Waals surface area contributed by atoms with Gasteiger partial charge in [0.05, 0.1) is 12.1 Å². The van der Waals surface area contributed by atoms with Gasteiger partial charge in [0.15, 0.2) is 11.0 Å². The van der Waals surface area contributed by atoms with Gasteiger partial charge in [0, 0.05) is 17.8 Å². The predicted molar refractivity (Wildman–Crippen MR) is 142 cm³/mol. The largest absolute Gasteiger partial charge is 0.495 e. The smallest absolute Gasteiger partial charge is 0.242 e. The molecule has 6 nitrogen and oxygen atoms in total. The molecule has 1 N–H and O–H groups in total. The van der Waals surface area contributed by atoms with E-state index in [0.29, 0.717) is 28.2 Å². The number of hydrogen-bond donors (Lipinski definition) is 1. The molecule has 1 heterocycles. The summed E-state index contributed by atoms with van der Waals surface area (Å²) in [6.07, 6.45) is 1.80. The number of halogens is 1. The molecule has 0 aliphatic heterocycles. The van der Waals surface area contributed by atoms with E-state index < -0.39 is 5.25 Å². The van der Waals surface area contributed by atoms with E-state index in [9.17, 15) is 4.79 Å². The number of anilines is 1. The van der Waals surface area contributed by atoms with Gasteiger partial charge in [-0.05, 0) is 36.8 Å². The summed E-state index contributed by atoms with van der Waals surface area (Å²) < 4.78 is 7.18. The number of amides is 1. The minimum absolute atomic E-state index is 0.201. The van der Waals surface area contributed by atoms with Crippen LogP contribution in [0.15, 0.2) is 90.6 Å². The molecular formula is C27H25ClN4O2S. The minimum atomic E-state index is -0.574. The van der Waals surface area contributed by atoms with Gasteiger partial charge in [-0.3, -0.25) is 9.36 Å². The van der Waals surface area contributed by atoms with Crippen molar-refractivity contribution in [3.8, 4) is 17.1 Å². The van der Waals surface area contributed by atoms with Crippen LogP contribution in [0.1, 0.15) is 16.4 Å². The molecule has 35 heavy (non-hydrogen) atoms. The van der Waals surface area contributed by atoms with Crippen LogP contribution in [0.5, 0.6) is 5.75 Å². The standard InChI is InChI=1S/C27H25ClN4O2S/c1-4-15-32-25(20-12-8-9-18(2)16-20)30-31-27(32)35-24(19-10-6-5-7-11-19)26(33)29-21-13-14-23(34-3)22(28)17-21/h4-14,16-17,24H,1,15H2,2-3H3,(H,29,33)/t24-/m0/s1. The minimum Gasteiger partial charge on any atom is -0.495 e. The predicted octanol–water partition coefficient (Wildman–Crippen LogP) is 6.57. The van der Waals surface area contributed by atoms with E-state index in [1.165, 1.54) is 11.8 Å². The summed E-state index contributed by atoms with van der Waals surface area (Å²) in [7, 11) is 1.55. The summed E-state index contributed by atoms with van der Waals surface area (Å²) in [5, 5.41) is 12.3. The molecule has 1 aromatic heterocycles. The summed E-state index contributed by atoms with van der Waals surface area (Å²) in [6.45, 7) is 6.44. The van der Waals surface area contributed by atoms with Gasteiger partial charge in [-0.15, -0.1) is 16.8 Å². The van der Waals surface area contributed by atoms with Crippen molar-refractivity contribution in [2.45, 2.75) is 23.9 Å². The lowest BCUT2D eigenvalue weighted by Crippen LogP contribution is -2.19. The highest BCUT2D eigenvalue weighted by atomic mass is 35.5. The second-order valence-electron chi connectivity index (χ2n) is 7.82. The third kappa shape index (κ3) is 5.75. The van der Waals surface area contributed by atoms with Crippen LogP contribution in [0.3, 0.4) is 0 Å². The number of allylic oxidation sites excluding steroid dienone is 1. The summed E-state index contributed by atoms with van der Waals surface area (Å²) in [5.41, 5.74) is 3.51. The number of ether oxygens (including phenoxy) is 1. The fourth-order valence-electron chi connectivity index (χ4n) is 3.63. The van der Waals surface area contributed by atoms with Gasteiger partial charge in [0.2, 0.25) is 5.91 Å². The van der Waals surface area contributed by atoms with Crippen LogP contribution in [-0.2, 0) is 11.3 Å². The van der Waals surface area contributed by atoms with Crippen molar-refractivity contribution in [3.63, 3.8) is 0 Å². The molecule has 4 aromatic rings. The van der Waals surface area contributed by atoms with E-state index in [4.69, 9.17) is 16.3 Å². The van der Waals surface area contributed by atoms with Gasteiger partial charge in [-0.1, -0.05) is 83.5 Å². The Labute approximate surface area is 214 Å². The maximum absolute atomic E-state index is 13.5. The zero-order valence-electron chi connectivity index (χ0n) is 19.4. The highest BCUT2D eigenvalue weighted by Gasteiger charge is 2.26. The number of hydrogen-bond acceptors (Lipinski definition) is 5. The lowest BCUT2D eigenvalue weighted by Gasteiger charge is -2.18. The van der Waals surface area contributed by atoms with E-state index in [1.807, 2.05) is 60.0 Å². The second kappa shape index (κ2) is 11.3. The first-order valence-corrected chi connectivity index (χ1v) is 12.2. The second-order valence-corrected chi connectivity index (χ2v) is 9.30. The first-order valence-electron chi connectivity index (χ1n) is 11.0. The summed E-state index contributed by atoms with van der Waals surface area (Å²) in [4.78, 5) is 13.5. The zero-order valence-corrected chi connectivity index (χ0v) is 21.0. The Bertz CT molecular complexity index is 1340. The molecule has 0 bridgehead atoms. The summed E-state index contributed by atoms with van der Waals surface area (Å²) in [5.74, 6) is 1.07. The number of thioether (sulfide) groups is 1. The van der Waals surface area contributed by atoms with Gasteiger partial charge in [-0.2, -0.15) is 0 Å². The number of carbonyl (C=O) groups excluding carboxylic acids is 1. The molecule has 4 rings (SSSR count). The average Bonchev–Trinajstić information content (AvgIpc) is 3.25. The van der Waals surface area contributed by atoms with Crippen molar-refractivity contribution in [1.29, 1.82) is 0 Å². The lowest BCUT2D eigenvalue weighted by molar-refractivity contribution is -0.115. The number of carbonyl (C=O) groups is 1. The maximum Gasteiger partial charge on any atom is 0.242 e. The van der Waals surface area contributed by atoms with Gasteiger partial charge in [0.25, 0.3) is 0 Å². The Hall–Kier alpha value is -3.55. The van der Waals surface area contributed by atoms with E-state index >= 15 is 0 Å². The fourth-order valence-corrected chi connectivity index (χ4v) is 4.93. The maximum atomic E-state index is 13.5. The Kier molecular flexibility index (Phi) is 7.90. The highest BCUT2D eigenvalue weighted by molar-refractivity contribution is 8.00. The number of nitrogens with one attached hydrogen (secondary N) is 1. The van der Waals surface area contributed by atoms with Crippen molar-refractivity contribution in [3.05, 3.63) is 102 Å². The van der Waals surface area contributed by atoms with Gasteiger partial charge in [0.1, 0.15) is 11.0 Å². The van der Waals surface area contributed by atoms with Gasteiger partial charge < -0.3 is 10.1 Å². The van der Waals surface area contributed by atoms with E-state index in [-0.39, 0.29) is 5.91 Å². The molecule has 8 heteroatoms. The van der Waals surface area contributed by atoms with E-state index in [1.54, 1.807) is 31.4 Å². The van der Waals surface area contributed by atoms with Crippen LogP contribution in [0.25, 0.3) is 11.4 Å². The number of rotatable bonds is 9. The molecule has 178 valence electrons. The number of aryl methyl sites for hydroxylation is 1. The summed E-state index contributed by atoms with van der Waals surface area (Å²) in [6, 6.07) is 22.8. The Morgan fingerprint density at radius 3 is 2.63 bits per heavy atom.